The van der Waals surface area contributed by atoms with Gasteiger partial charge in [-0.05, 0) is 48.4 Å². The lowest BCUT2D eigenvalue weighted by molar-refractivity contribution is 0.104. The van der Waals surface area contributed by atoms with E-state index < -0.39 is 5.78 Å². The fourth-order valence-corrected chi connectivity index (χ4v) is 1.84. The molecule has 0 heterocycles. The minimum atomic E-state index is -0.493. The molecule has 2 aromatic rings. The van der Waals surface area contributed by atoms with Gasteiger partial charge < -0.3 is 15.3 Å². The van der Waals surface area contributed by atoms with Gasteiger partial charge in [-0.1, -0.05) is 18.2 Å². The summed E-state index contributed by atoms with van der Waals surface area (Å²) < 4.78 is 0. The van der Waals surface area contributed by atoms with Crippen molar-refractivity contribution in [1.82, 2.24) is 0 Å². The van der Waals surface area contributed by atoms with E-state index in [9.17, 15) is 15.0 Å². The molecule has 102 valence electrons. The monoisotopic (exact) mass is 270 g/mol. The average molecular weight is 270 g/mol. The van der Waals surface area contributed by atoms with Gasteiger partial charge in [-0.2, -0.15) is 0 Å². The summed E-state index contributed by atoms with van der Waals surface area (Å²) in [4.78, 5) is 12.0. The largest absolute Gasteiger partial charge is 0.508 e. The second kappa shape index (κ2) is 5.48. The number of aryl methyl sites for hydroxylation is 1. The van der Waals surface area contributed by atoms with Gasteiger partial charge in [0, 0.05) is 0 Å². The van der Waals surface area contributed by atoms with Crippen LogP contribution in [0.3, 0.4) is 0 Å². The fraction of sp³-hybridized carbons (Fsp3) is 0.0625. The van der Waals surface area contributed by atoms with E-state index >= 15 is 0 Å². The van der Waals surface area contributed by atoms with E-state index in [0.29, 0.717) is 5.56 Å². The van der Waals surface area contributed by atoms with Crippen LogP contribution >= 0.6 is 0 Å². The maximum absolute atomic E-state index is 12.0. The first-order valence-corrected chi connectivity index (χ1v) is 6.01. The second-order valence-electron chi connectivity index (χ2n) is 4.47. The first kappa shape index (κ1) is 13.7. The number of ketones is 1. The third-order valence-corrected chi connectivity index (χ3v) is 2.81. The number of phenolic OH excluding ortho intramolecular Hbond substituents is 3. The Morgan fingerprint density at radius 1 is 1.00 bits per heavy atom. The number of hydrogen-bond donors (Lipinski definition) is 3. The van der Waals surface area contributed by atoms with E-state index in [2.05, 4.69) is 0 Å². The zero-order valence-corrected chi connectivity index (χ0v) is 10.9. The van der Waals surface area contributed by atoms with E-state index in [1.807, 2.05) is 0 Å². The molecule has 0 bridgehead atoms. The normalized spacial score (nSPS) is 10.8. The number of carbonyl (C=O) groups excluding carboxylic acids is 1. The van der Waals surface area contributed by atoms with Crippen LogP contribution in [0.15, 0.2) is 42.5 Å². The van der Waals surface area contributed by atoms with Gasteiger partial charge in [-0.3, -0.25) is 4.79 Å². The van der Waals surface area contributed by atoms with Crippen molar-refractivity contribution >= 4 is 11.9 Å². The van der Waals surface area contributed by atoms with Gasteiger partial charge in [0.25, 0.3) is 0 Å². The Morgan fingerprint density at radius 3 is 2.10 bits per heavy atom. The zero-order chi connectivity index (χ0) is 14.7. The van der Waals surface area contributed by atoms with Crippen LogP contribution < -0.4 is 0 Å². The van der Waals surface area contributed by atoms with Crippen molar-refractivity contribution in [1.29, 1.82) is 0 Å². The standard InChI is InChI=1S/C16H14O4/c1-10-8-14(19)16(15(20)9-10)13(18)7-4-11-2-5-12(17)6-3-11/h2-9,17,19-20H,1H3/b7-4+. The Morgan fingerprint density at radius 2 is 1.55 bits per heavy atom. The average Bonchev–Trinajstić information content (AvgIpc) is 2.37. The lowest BCUT2D eigenvalue weighted by Crippen LogP contribution is -1.96. The van der Waals surface area contributed by atoms with Crippen molar-refractivity contribution in [3.63, 3.8) is 0 Å². The van der Waals surface area contributed by atoms with Gasteiger partial charge in [0.05, 0.1) is 0 Å². The van der Waals surface area contributed by atoms with E-state index in [4.69, 9.17) is 5.11 Å². The quantitative estimate of drug-likeness (QED) is 0.592. The van der Waals surface area contributed by atoms with Crippen LogP contribution in [0, 0.1) is 6.92 Å². The van der Waals surface area contributed by atoms with Crippen LogP contribution in [-0.2, 0) is 0 Å². The molecule has 0 aromatic heterocycles. The first-order chi connectivity index (χ1) is 9.47. The van der Waals surface area contributed by atoms with E-state index in [1.54, 1.807) is 25.1 Å². The lowest BCUT2D eigenvalue weighted by atomic mass is 10.0. The Labute approximate surface area is 116 Å². The maximum atomic E-state index is 12.0. The molecule has 0 unspecified atom stereocenters. The molecular formula is C16H14O4. The van der Waals surface area contributed by atoms with Crippen molar-refractivity contribution in [2.75, 3.05) is 0 Å². The van der Waals surface area contributed by atoms with E-state index in [1.165, 1.54) is 30.3 Å². The molecule has 0 atom stereocenters. The summed E-state index contributed by atoms with van der Waals surface area (Å²) in [5, 5.41) is 28.6. The molecule has 20 heavy (non-hydrogen) atoms. The van der Waals surface area contributed by atoms with Crippen LogP contribution in [-0.4, -0.2) is 21.1 Å². The number of aromatic hydroxyl groups is 3. The maximum Gasteiger partial charge on any atom is 0.193 e. The molecule has 0 aliphatic carbocycles. The predicted octanol–water partition coefficient (Wildman–Crippen LogP) is 3.01. The molecule has 3 N–H and O–H groups in total. The third kappa shape index (κ3) is 2.98. The van der Waals surface area contributed by atoms with Crippen molar-refractivity contribution in [3.8, 4) is 17.2 Å². The molecule has 0 aliphatic heterocycles. The van der Waals surface area contributed by atoms with Crippen LogP contribution in [0.1, 0.15) is 21.5 Å². The second-order valence-corrected chi connectivity index (χ2v) is 4.47. The van der Waals surface area contributed by atoms with Gasteiger partial charge >= 0.3 is 0 Å². The highest BCUT2D eigenvalue weighted by Crippen LogP contribution is 2.29. The summed E-state index contributed by atoms with van der Waals surface area (Å²) >= 11 is 0. The number of allylic oxidation sites excluding steroid dienone is 1. The SMILES string of the molecule is Cc1cc(O)c(C(=O)/C=C/c2ccc(O)cc2)c(O)c1. The molecule has 0 saturated heterocycles. The summed E-state index contributed by atoms with van der Waals surface area (Å²) in [5.41, 5.74) is 1.27. The molecule has 0 amide bonds. The minimum Gasteiger partial charge on any atom is -0.508 e. The first-order valence-electron chi connectivity index (χ1n) is 6.01. The molecule has 4 heteroatoms. The molecule has 4 nitrogen and oxygen atoms in total. The van der Waals surface area contributed by atoms with Crippen LogP contribution in [0.2, 0.25) is 0 Å². The number of hydrogen-bond acceptors (Lipinski definition) is 4. The topological polar surface area (TPSA) is 77.8 Å². The van der Waals surface area contributed by atoms with Gasteiger partial charge in [0.1, 0.15) is 22.8 Å². The number of benzene rings is 2. The van der Waals surface area contributed by atoms with E-state index in [0.717, 1.165) is 5.56 Å². The Kier molecular flexibility index (Phi) is 3.75. The number of phenols is 3. The van der Waals surface area contributed by atoms with Crippen molar-refractivity contribution in [2.24, 2.45) is 0 Å². The highest BCUT2D eigenvalue weighted by atomic mass is 16.3. The van der Waals surface area contributed by atoms with Crippen molar-refractivity contribution < 1.29 is 20.1 Å². The van der Waals surface area contributed by atoms with Gasteiger partial charge in [0.15, 0.2) is 5.78 Å². The highest BCUT2D eigenvalue weighted by molar-refractivity contribution is 6.10. The summed E-state index contributed by atoms with van der Waals surface area (Å²) in [6.07, 6.45) is 2.80. The minimum absolute atomic E-state index is 0.120. The van der Waals surface area contributed by atoms with Crippen molar-refractivity contribution in [3.05, 3.63) is 59.2 Å². The molecule has 0 fully saturated rings. The van der Waals surface area contributed by atoms with Crippen LogP contribution in [0.4, 0.5) is 0 Å². The predicted molar refractivity (Wildman–Crippen MR) is 76.0 cm³/mol. The summed E-state index contributed by atoms with van der Waals surface area (Å²) in [5.74, 6) is -0.846. The zero-order valence-electron chi connectivity index (χ0n) is 10.9. The Balaban J connectivity index is 2.26. The third-order valence-electron chi connectivity index (χ3n) is 2.81. The smallest absolute Gasteiger partial charge is 0.193 e. The number of rotatable bonds is 3. The number of carbonyl (C=O) groups is 1. The molecule has 0 aliphatic rings. The van der Waals surface area contributed by atoms with E-state index in [-0.39, 0.29) is 22.8 Å². The van der Waals surface area contributed by atoms with Crippen molar-refractivity contribution in [2.45, 2.75) is 6.92 Å². The summed E-state index contributed by atoms with van der Waals surface area (Å²) in [7, 11) is 0. The van der Waals surface area contributed by atoms with Gasteiger partial charge in [-0.15, -0.1) is 0 Å². The highest BCUT2D eigenvalue weighted by Gasteiger charge is 2.14. The molecule has 2 aromatic carbocycles. The Hall–Kier alpha value is -2.75. The summed E-state index contributed by atoms with van der Waals surface area (Å²) in [6.45, 7) is 1.71. The van der Waals surface area contributed by atoms with Gasteiger partial charge in [-0.25, -0.2) is 0 Å². The molecule has 0 saturated carbocycles. The van der Waals surface area contributed by atoms with Gasteiger partial charge in [0.2, 0.25) is 0 Å². The Bertz CT molecular complexity index is 646. The molecular weight excluding hydrogens is 256 g/mol. The summed E-state index contributed by atoms with van der Waals surface area (Å²) in [6, 6.07) is 9.14. The van der Waals surface area contributed by atoms with Crippen LogP contribution in [0.25, 0.3) is 6.08 Å². The molecule has 2 rings (SSSR count). The fourth-order valence-electron chi connectivity index (χ4n) is 1.84. The van der Waals surface area contributed by atoms with Crippen LogP contribution in [0.5, 0.6) is 17.2 Å². The molecule has 0 spiro atoms. The lowest BCUT2D eigenvalue weighted by Gasteiger charge is -2.05. The molecule has 0 radical (unpaired) electrons.